The van der Waals surface area contributed by atoms with Crippen molar-refractivity contribution in [2.45, 2.75) is 75.9 Å². The van der Waals surface area contributed by atoms with Gasteiger partial charge in [-0.05, 0) is 51.5 Å². The molecule has 3 nitrogen and oxygen atoms in total. The Kier molecular flexibility index (Phi) is 3.40. The lowest BCUT2D eigenvalue weighted by Crippen LogP contribution is -2.40. The first-order chi connectivity index (χ1) is 10.1. The van der Waals surface area contributed by atoms with E-state index in [2.05, 4.69) is 18.9 Å². The maximum absolute atomic E-state index is 6.78. The van der Waals surface area contributed by atoms with Crippen LogP contribution >= 0.6 is 11.3 Å². The van der Waals surface area contributed by atoms with Gasteiger partial charge in [0.05, 0.1) is 11.2 Å². The minimum absolute atomic E-state index is 0.133. The second-order valence-corrected chi connectivity index (χ2v) is 8.48. The Labute approximate surface area is 131 Å². The van der Waals surface area contributed by atoms with Crippen LogP contribution < -0.4 is 5.73 Å². The largest absolute Gasteiger partial charge is 0.319 e. The maximum atomic E-state index is 6.78. The molecule has 4 rings (SSSR count). The number of thiazole rings is 1. The quantitative estimate of drug-likeness (QED) is 0.908. The van der Waals surface area contributed by atoms with Crippen LogP contribution in [-0.2, 0) is 12.0 Å². The van der Waals surface area contributed by atoms with Gasteiger partial charge in [-0.2, -0.15) is 0 Å². The minimum atomic E-state index is -0.133. The number of aromatic nitrogens is 1. The molecule has 2 unspecified atom stereocenters. The Bertz CT molecular complexity index is 530. The first kappa shape index (κ1) is 14.2. The molecule has 4 heteroatoms. The highest BCUT2D eigenvalue weighted by atomic mass is 32.1. The molecule has 2 atom stereocenters. The molecule has 1 aliphatic carbocycles. The summed E-state index contributed by atoms with van der Waals surface area (Å²) >= 11 is 1.93. The molecule has 116 valence electrons. The molecule has 2 fully saturated rings. The topological polar surface area (TPSA) is 42.1 Å². The van der Waals surface area contributed by atoms with Crippen LogP contribution in [0.2, 0.25) is 0 Å². The van der Waals surface area contributed by atoms with Crippen LogP contribution in [-0.4, -0.2) is 23.0 Å². The van der Waals surface area contributed by atoms with Gasteiger partial charge in [0.2, 0.25) is 0 Å². The molecule has 3 aliphatic rings. The molecule has 2 N–H and O–H groups in total. The Hall–Kier alpha value is -0.450. The van der Waals surface area contributed by atoms with Crippen molar-refractivity contribution in [1.29, 1.82) is 0 Å². The molecule has 1 aromatic heterocycles. The monoisotopic (exact) mass is 305 g/mol. The van der Waals surface area contributed by atoms with Gasteiger partial charge in [0.15, 0.2) is 0 Å². The van der Waals surface area contributed by atoms with Crippen molar-refractivity contribution in [3.63, 3.8) is 0 Å². The number of fused-ring (bicyclic) bond motifs is 4. The molecular weight excluding hydrogens is 278 g/mol. The normalized spacial score (nSPS) is 39.5. The van der Waals surface area contributed by atoms with Gasteiger partial charge < -0.3 is 5.73 Å². The number of hydrogen-bond donors (Lipinski definition) is 1. The Balaban J connectivity index is 1.61. The highest BCUT2D eigenvalue weighted by Crippen LogP contribution is 2.48. The molecule has 2 aliphatic heterocycles. The van der Waals surface area contributed by atoms with Gasteiger partial charge in [0, 0.05) is 23.4 Å². The lowest BCUT2D eigenvalue weighted by molar-refractivity contribution is 0.223. The number of likely N-dealkylation sites (N-methyl/N-ethyl adjacent to an activating group) is 1. The summed E-state index contributed by atoms with van der Waals surface area (Å²) in [5.41, 5.74) is 8.02. The fourth-order valence-electron chi connectivity index (χ4n) is 4.60. The van der Waals surface area contributed by atoms with Gasteiger partial charge in [-0.15, -0.1) is 11.3 Å². The number of rotatable bonds is 2. The Morgan fingerprint density at radius 2 is 2.05 bits per heavy atom. The Morgan fingerprint density at radius 3 is 2.76 bits per heavy atom. The lowest BCUT2D eigenvalue weighted by atomic mass is 9.76. The molecule has 0 spiro atoms. The fraction of sp³-hybridized carbons (Fsp3) is 0.824. The molecule has 21 heavy (non-hydrogen) atoms. The maximum Gasteiger partial charge on any atom is 0.113 e. The van der Waals surface area contributed by atoms with E-state index in [-0.39, 0.29) is 5.54 Å². The van der Waals surface area contributed by atoms with Crippen LogP contribution in [0.15, 0.2) is 0 Å². The summed E-state index contributed by atoms with van der Waals surface area (Å²) in [6.07, 6.45) is 9.92. The van der Waals surface area contributed by atoms with Crippen LogP contribution in [0.1, 0.15) is 73.5 Å². The number of hydrogen-bond acceptors (Lipinski definition) is 4. The molecule has 0 radical (unpaired) electrons. The van der Waals surface area contributed by atoms with Crippen LogP contribution in [0.3, 0.4) is 0 Å². The Morgan fingerprint density at radius 1 is 1.29 bits per heavy atom. The van der Waals surface area contributed by atoms with Gasteiger partial charge in [0.25, 0.3) is 0 Å². The first-order valence-corrected chi connectivity index (χ1v) is 9.43. The van der Waals surface area contributed by atoms with Gasteiger partial charge in [-0.1, -0.05) is 13.3 Å². The van der Waals surface area contributed by atoms with Crippen molar-refractivity contribution in [3.8, 4) is 0 Å². The number of nitrogens with two attached hydrogens (primary N) is 1. The smallest absolute Gasteiger partial charge is 0.113 e. The summed E-state index contributed by atoms with van der Waals surface area (Å²) < 4.78 is 0. The molecule has 1 saturated heterocycles. The number of nitrogens with zero attached hydrogens (tertiary/aromatic N) is 2. The molecule has 1 saturated carbocycles. The van der Waals surface area contributed by atoms with E-state index in [1.165, 1.54) is 47.7 Å². The van der Waals surface area contributed by atoms with E-state index in [0.717, 1.165) is 31.2 Å². The zero-order chi connectivity index (χ0) is 14.6. The molecule has 1 aromatic rings. The van der Waals surface area contributed by atoms with Gasteiger partial charge >= 0.3 is 0 Å². The summed E-state index contributed by atoms with van der Waals surface area (Å²) in [6.45, 7) is 2.31. The molecule has 0 aromatic carbocycles. The summed E-state index contributed by atoms with van der Waals surface area (Å²) in [5, 5.41) is 1.24. The van der Waals surface area contributed by atoms with Crippen molar-refractivity contribution in [2.75, 3.05) is 7.05 Å². The van der Waals surface area contributed by atoms with E-state index in [0.29, 0.717) is 6.04 Å². The summed E-state index contributed by atoms with van der Waals surface area (Å²) in [4.78, 5) is 9.14. The predicted molar refractivity (Wildman–Crippen MR) is 87.5 cm³/mol. The summed E-state index contributed by atoms with van der Waals surface area (Å²) in [7, 11) is 2.29. The van der Waals surface area contributed by atoms with Crippen molar-refractivity contribution in [2.24, 2.45) is 11.7 Å². The fourth-order valence-corrected chi connectivity index (χ4v) is 6.03. The van der Waals surface area contributed by atoms with Crippen LogP contribution in [0, 0.1) is 5.92 Å². The second kappa shape index (κ2) is 5.04. The average molecular weight is 305 g/mol. The molecule has 2 bridgehead atoms. The second-order valence-electron chi connectivity index (χ2n) is 7.45. The molecule has 0 amide bonds. The van der Waals surface area contributed by atoms with Crippen molar-refractivity contribution < 1.29 is 0 Å². The third-order valence-corrected chi connectivity index (χ3v) is 7.72. The standard InChI is InChI=1S/C17H27N3S/c1-3-11-6-8-17(18,9-7-11)16-19-13-10-12-4-5-14(20(12)2)15(13)21-16/h11-12,14H,3-10,18H2,1-2H3. The summed E-state index contributed by atoms with van der Waals surface area (Å²) in [6, 6.07) is 1.35. The highest BCUT2D eigenvalue weighted by molar-refractivity contribution is 7.12. The first-order valence-electron chi connectivity index (χ1n) is 8.61. The zero-order valence-corrected chi connectivity index (χ0v) is 14.1. The average Bonchev–Trinajstić information content (AvgIpc) is 3.02. The van der Waals surface area contributed by atoms with E-state index < -0.39 is 0 Å². The van der Waals surface area contributed by atoms with Gasteiger partial charge in [-0.25, -0.2) is 4.98 Å². The van der Waals surface area contributed by atoms with Crippen LogP contribution in [0.5, 0.6) is 0 Å². The van der Waals surface area contributed by atoms with Gasteiger partial charge in [0.1, 0.15) is 5.01 Å². The van der Waals surface area contributed by atoms with E-state index in [9.17, 15) is 0 Å². The highest BCUT2D eigenvalue weighted by Gasteiger charge is 2.42. The van der Waals surface area contributed by atoms with Crippen molar-refractivity contribution in [3.05, 3.63) is 15.6 Å². The summed E-state index contributed by atoms with van der Waals surface area (Å²) in [5.74, 6) is 0.887. The van der Waals surface area contributed by atoms with E-state index in [1.807, 2.05) is 11.3 Å². The minimum Gasteiger partial charge on any atom is -0.319 e. The van der Waals surface area contributed by atoms with Crippen molar-refractivity contribution in [1.82, 2.24) is 9.88 Å². The lowest BCUT2D eigenvalue weighted by Gasteiger charge is -2.35. The van der Waals surface area contributed by atoms with Crippen LogP contribution in [0.25, 0.3) is 0 Å². The molecular formula is C17H27N3S. The zero-order valence-electron chi connectivity index (χ0n) is 13.3. The van der Waals surface area contributed by atoms with Crippen LogP contribution in [0.4, 0.5) is 0 Å². The van der Waals surface area contributed by atoms with E-state index >= 15 is 0 Å². The molecule has 3 heterocycles. The van der Waals surface area contributed by atoms with E-state index in [1.54, 1.807) is 0 Å². The van der Waals surface area contributed by atoms with Gasteiger partial charge in [-0.3, -0.25) is 4.90 Å². The third kappa shape index (κ3) is 2.18. The SMILES string of the molecule is CCC1CCC(N)(c2nc3c(s2)C2CCC(C3)N2C)CC1. The van der Waals surface area contributed by atoms with E-state index in [4.69, 9.17) is 10.7 Å². The van der Waals surface area contributed by atoms with Crippen molar-refractivity contribution >= 4 is 11.3 Å². The predicted octanol–water partition coefficient (Wildman–Crippen LogP) is 3.59. The third-order valence-electron chi connectivity index (χ3n) is 6.30.